The van der Waals surface area contributed by atoms with E-state index in [0.29, 0.717) is 17.2 Å². The summed E-state index contributed by atoms with van der Waals surface area (Å²) in [7, 11) is 0. The summed E-state index contributed by atoms with van der Waals surface area (Å²) in [6.07, 6.45) is 2.12. The number of pyridine rings is 1. The van der Waals surface area contributed by atoms with Crippen LogP contribution in [0.25, 0.3) is 0 Å². The maximum Gasteiger partial charge on any atom is 0.274 e. The van der Waals surface area contributed by atoms with Crippen molar-refractivity contribution in [3.63, 3.8) is 0 Å². The third kappa shape index (κ3) is 4.06. The van der Waals surface area contributed by atoms with E-state index in [1.165, 1.54) is 0 Å². The van der Waals surface area contributed by atoms with Gasteiger partial charge in [-0.3, -0.25) is 9.59 Å². The molecule has 0 saturated carbocycles. The average molecular weight is 348 g/mol. The first-order valence-corrected chi connectivity index (χ1v) is 8.64. The summed E-state index contributed by atoms with van der Waals surface area (Å²) < 4.78 is 0. The quantitative estimate of drug-likeness (QED) is 0.923. The Morgan fingerprint density at radius 2 is 1.92 bits per heavy atom. The largest absolute Gasteiger partial charge is 0.337 e. The lowest BCUT2D eigenvalue weighted by atomic mass is 10.00. The highest BCUT2D eigenvalue weighted by Gasteiger charge is 2.23. The van der Waals surface area contributed by atoms with Crippen molar-refractivity contribution in [3.05, 3.63) is 59.4 Å². The molecule has 3 rings (SSSR count). The molecule has 1 fully saturated rings. The molecule has 6 heteroatoms. The van der Waals surface area contributed by atoms with Gasteiger partial charge in [0.05, 0.1) is 11.6 Å². The SMILES string of the molecule is CC1CCCN(C(=O)c2cccc(C(=O)Nc3ccc(C#N)cc3)n2)C1. The Labute approximate surface area is 152 Å². The van der Waals surface area contributed by atoms with Crippen LogP contribution in [-0.2, 0) is 0 Å². The molecule has 1 N–H and O–H groups in total. The minimum atomic E-state index is -0.392. The second-order valence-electron chi connectivity index (χ2n) is 6.55. The Bertz CT molecular complexity index is 855. The molecule has 1 atom stereocenters. The number of nitrogens with zero attached hydrogens (tertiary/aromatic N) is 3. The highest BCUT2D eigenvalue weighted by Crippen LogP contribution is 2.17. The molecule has 1 aromatic carbocycles. The van der Waals surface area contributed by atoms with E-state index in [4.69, 9.17) is 5.26 Å². The summed E-state index contributed by atoms with van der Waals surface area (Å²) >= 11 is 0. The highest BCUT2D eigenvalue weighted by molar-refractivity contribution is 6.03. The van der Waals surface area contributed by atoms with E-state index in [0.717, 1.165) is 25.9 Å². The van der Waals surface area contributed by atoms with E-state index in [9.17, 15) is 9.59 Å². The first kappa shape index (κ1) is 17.6. The van der Waals surface area contributed by atoms with E-state index in [1.807, 2.05) is 6.07 Å². The normalized spacial score (nSPS) is 16.6. The van der Waals surface area contributed by atoms with Crippen molar-refractivity contribution in [1.29, 1.82) is 5.26 Å². The first-order valence-electron chi connectivity index (χ1n) is 8.64. The molecule has 6 nitrogen and oxygen atoms in total. The Morgan fingerprint density at radius 1 is 1.19 bits per heavy atom. The Hall–Kier alpha value is -3.20. The first-order chi connectivity index (χ1) is 12.6. The highest BCUT2D eigenvalue weighted by atomic mass is 16.2. The van der Waals surface area contributed by atoms with E-state index in [1.54, 1.807) is 47.4 Å². The molecule has 1 saturated heterocycles. The summed E-state index contributed by atoms with van der Waals surface area (Å²) in [6.45, 7) is 3.59. The third-order valence-electron chi connectivity index (χ3n) is 4.42. The van der Waals surface area contributed by atoms with Gasteiger partial charge in [-0.05, 0) is 55.2 Å². The van der Waals surface area contributed by atoms with Crippen LogP contribution in [0.3, 0.4) is 0 Å². The van der Waals surface area contributed by atoms with Gasteiger partial charge in [-0.2, -0.15) is 5.26 Å². The number of benzene rings is 1. The molecule has 1 aliphatic rings. The Kier molecular flexibility index (Phi) is 5.28. The lowest BCUT2D eigenvalue weighted by molar-refractivity contribution is 0.0677. The summed E-state index contributed by atoms with van der Waals surface area (Å²) in [4.78, 5) is 31.1. The van der Waals surface area contributed by atoms with Crippen molar-refractivity contribution in [2.75, 3.05) is 18.4 Å². The molecule has 2 heterocycles. The average Bonchev–Trinajstić information content (AvgIpc) is 2.68. The van der Waals surface area contributed by atoms with Gasteiger partial charge >= 0.3 is 0 Å². The molecule has 2 amide bonds. The van der Waals surface area contributed by atoms with Crippen LogP contribution < -0.4 is 5.32 Å². The molecule has 1 aromatic heterocycles. The third-order valence-corrected chi connectivity index (χ3v) is 4.42. The summed E-state index contributed by atoms with van der Waals surface area (Å²) in [6, 6.07) is 13.5. The zero-order valence-corrected chi connectivity index (χ0v) is 14.6. The number of rotatable bonds is 3. The molecule has 1 unspecified atom stereocenters. The fourth-order valence-corrected chi connectivity index (χ4v) is 3.04. The maximum absolute atomic E-state index is 12.7. The van der Waals surface area contributed by atoms with Gasteiger partial charge < -0.3 is 10.2 Å². The van der Waals surface area contributed by atoms with Crippen LogP contribution >= 0.6 is 0 Å². The maximum atomic E-state index is 12.7. The molecule has 132 valence electrons. The molecule has 1 aliphatic heterocycles. The zero-order chi connectivity index (χ0) is 18.5. The van der Waals surface area contributed by atoms with E-state index >= 15 is 0 Å². The molecule has 0 radical (unpaired) electrons. The van der Waals surface area contributed by atoms with Gasteiger partial charge in [0.1, 0.15) is 11.4 Å². The molecule has 0 aliphatic carbocycles. The predicted octanol–water partition coefficient (Wildman–Crippen LogP) is 3.08. The number of anilines is 1. The number of amides is 2. The number of hydrogen-bond acceptors (Lipinski definition) is 4. The van der Waals surface area contributed by atoms with E-state index < -0.39 is 5.91 Å². The monoisotopic (exact) mass is 348 g/mol. The van der Waals surface area contributed by atoms with Crippen molar-refractivity contribution in [1.82, 2.24) is 9.88 Å². The standard InChI is InChI=1S/C20H20N4O2/c1-14-4-3-11-24(13-14)20(26)18-6-2-5-17(23-18)19(25)22-16-9-7-15(12-21)8-10-16/h2,5-10,14H,3-4,11,13H2,1H3,(H,22,25). The van der Waals surface area contributed by atoms with Crippen molar-refractivity contribution in [2.45, 2.75) is 19.8 Å². The topological polar surface area (TPSA) is 86.1 Å². The van der Waals surface area contributed by atoms with E-state index in [2.05, 4.69) is 17.2 Å². The minimum Gasteiger partial charge on any atom is -0.337 e. The van der Waals surface area contributed by atoms with Crippen molar-refractivity contribution in [3.8, 4) is 6.07 Å². The number of aromatic nitrogens is 1. The van der Waals surface area contributed by atoms with Gasteiger partial charge in [0.2, 0.25) is 0 Å². The fourth-order valence-electron chi connectivity index (χ4n) is 3.04. The van der Waals surface area contributed by atoms with Crippen LogP contribution in [0.2, 0.25) is 0 Å². The molecular weight excluding hydrogens is 328 g/mol. The summed E-state index contributed by atoms with van der Waals surface area (Å²) in [5.41, 5.74) is 1.55. The number of likely N-dealkylation sites (tertiary alicyclic amines) is 1. The number of nitriles is 1. The van der Waals surface area contributed by atoms with E-state index in [-0.39, 0.29) is 17.3 Å². The van der Waals surface area contributed by atoms with Gasteiger partial charge in [0, 0.05) is 18.8 Å². The molecule has 0 spiro atoms. The zero-order valence-electron chi connectivity index (χ0n) is 14.6. The van der Waals surface area contributed by atoms with Crippen LogP contribution in [-0.4, -0.2) is 34.8 Å². The van der Waals surface area contributed by atoms with Crippen LogP contribution in [0.5, 0.6) is 0 Å². The van der Waals surface area contributed by atoms with Crippen LogP contribution in [0.4, 0.5) is 5.69 Å². The molecule has 2 aromatic rings. The summed E-state index contributed by atoms with van der Waals surface area (Å²) in [5, 5.41) is 11.5. The molecular formula is C20H20N4O2. The van der Waals surface area contributed by atoms with Gasteiger partial charge in [-0.1, -0.05) is 13.0 Å². The number of nitrogens with one attached hydrogen (secondary N) is 1. The Morgan fingerprint density at radius 3 is 2.62 bits per heavy atom. The van der Waals surface area contributed by atoms with Gasteiger partial charge in [0.25, 0.3) is 11.8 Å². The van der Waals surface area contributed by atoms with Crippen LogP contribution in [0.15, 0.2) is 42.5 Å². The molecule has 0 bridgehead atoms. The van der Waals surface area contributed by atoms with Crippen LogP contribution in [0, 0.1) is 17.2 Å². The predicted molar refractivity (Wildman–Crippen MR) is 97.6 cm³/mol. The molecule has 26 heavy (non-hydrogen) atoms. The summed E-state index contributed by atoms with van der Waals surface area (Å²) in [5.74, 6) is -0.0449. The lowest BCUT2D eigenvalue weighted by Gasteiger charge is -2.30. The second-order valence-corrected chi connectivity index (χ2v) is 6.55. The smallest absolute Gasteiger partial charge is 0.274 e. The lowest BCUT2D eigenvalue weighted by Crippen LogP contribution is -2.39. The van der Waals surface area contributed by atoms with Crippen LogP contribution in [0.1, 0.15) is 46.3 Å². The van der Waals surface area contributed by atoms with Gasteiger partial charge in [-0.25, -0.2) is 4.98 Å². The van der Waals surface area contributed by atoms with Crippen molar-refractivity contribution < 1.29 is 9.59 Å². The second kappa shape index (κ2) is 7.79. The van der Waals surface area contributed by atoms with Crippen molar-refractivity contribution >= 4 is 17.5 Å². The number of hydrogen-bond donors (Lipinski definition) is 1. The fraction of sp³-hybridized carbons (Fsp3) is 0.300. The Balaban J connectivity index is 1.72. The minimum absolute atomic E-state index is 0.135. The van der Waals surface area contributed by atoms with Gasteiger partial charge in [-0.15, -0.1) is 0 Å². The van der Waals surface area contributed by atoms with Crippen molar-refractivity contribution in [2.24, 2.45) is 5.92 Å². The number of carbonyl (C=O) groups is 2. The number of piperidine rings is 1. The van der Waals surface area contributed by atoms with Gasteiger partial charge in [0.15, 0.2) is 0 Å². The number of carbonyl (C=O) groups excluding carboxylic acids is 2.